The Morgan fingerprint density at radius 1 is 1.06 bits per heavy atom. The Bertz CT molecular complexity index is 1350. The molecule has 0 saturated heterocycles. The van der Waals surface area contributed by atoms with Crippen LogP contribution in [0.2, 0.25) is 0 Å². The maximum absolute atomic E-state index is 12.9. The largest absolute Gasteiger partial charge is 0.504 e. The molecule has 0 fully saturated rings. The monoisotopic (exact) mass is 443 g/mol. The van der Waals surface area contributed by atoms with Crippen molar-refractivity contribution in [3.8, 4) is 16.9 Å². The SMILES string of the molecule is CC1=NN(c2ccc(C)c(C)c2)C(=O)C1=NNc1nccc(-c2cccc(C(=O)O)c2)c1O. The van der Waals surface area contributed by atoms with Gasteiger partial charge in [-0.1, -0.05) is 18.2 Å². The van der Waals surface area contributed by atoms with Gasteiger partial charge in [-0.2, -0.15) is 15.2 Å². The predicted octanol–water partition coefficient (Wildman–Crippen LogP) is 3.96. The average molecular weight is 443 g/mol. The van der Waals surface area contributed by atoms with Crippen LogP contribution in [-0.2, 0) is 4.79 Å². The number of benzene rings is 2. The van der Waals surface area contributed by atoms with Gasteiger partial charge in [0, 0.05) is 11.8 Å². The highest BCUT2D eigenvalue weighted by Crippen LogP contribution is 2.34. The van der Waals surface area contributed by atoms with E-state index in [2.05, 4.69) is 20.6 Å². The zero-order valence-electron chi connectivity index (χ0n) is 18.2. The first-order valence-corrected chi connectivity index (χ1v) is 10.1. The van der Waals surface area contributed by atoms with Gasteiger partial charge in [0.2, 0.25) is 0 Å². The number of hydrogen-bond acceptors (Lipinski definition) is 7. The van der Waals surface area contributed by atoms with Gasteiger partial charge in [-0.25, -0.2) is 9.78 Å². The van der Waals surface area contributed by atoms with Gasteiger partial charge in [0.1, 0.15) is 0 Å². The van der Waals surface area contributed by atoms with Crippen LogP contribution < -0.4 is 10.4 Å². The van der Waals surface area contributed by atoms with Gasteiger partial charge in [-0.05, 0) is 67.8 Å². The molecule has 0 bridgehead atoms. The molecule has 9 nitrogen and oxygen atoms in total. The molecular formula is C24H21N5O4. The number of aromatic carboxylic acids is 1. The highest BCUT2D eigenvalue weighted by molar-refractivity contribution is 6.71. The summed E-state index contributed by atoms with van der Waals surface area (Å²) in [6, 6.07) is 13.3. The first kappa shape index (κ1) is 21.7. The van der Waals surface area contributed by atoms with Crippen LogP contribution in [0.25, 0.3) is 11.1 Å². The second kappa shape index (κ2) is 8.54. The van der Waals surface area contributed by atoms with E-state index in [1.807, 2.05) is 32.0 Å². The fraction of sp³-hybridized carbons (Fsp3) is 0.125. The predicted molar refractivity (Wildman–Crippen MR) is 126 cm³/mol. The van der Waals surface area contributed by atoms with Crippen molar-refractivity contribution < 1.29 is 19.8 Å². The molecule has 0 unspecified atom stereocenters. The van der Waals surface area contributed by atoms with Gasteiger partial charge >= 0.3 is 11.9 Å². The summed E-state index contributed by atoms with van der Waals surface area (Å²) in [7, 11) is 0. The molecule has 1 aromatic heterocycles. The first-order valence-electron chi connectivity index (χ1n) is 10.1. The molecule has 0 radical (unpaired) electrons. The number of amides is 1. The number of aromatic nitrogens is 1. The topological polar surface area (TPSA) is 127 Å². The minimum atomic E-state index is -1.07. The minimum absolute atomic E-state index is 0.0194. The lowest BCUT2D eigenvalue weighted by Gasteiger charge is -2.13. The third kappa shape index (κ3) is 4.16. The third-order valence-electron chi connectivity index (χ3n) is 5.34. The van der Waals surface area contributed by atoms with Crippen LogP contribution in [-0.4, -0.2) is 38.5 Å². The number of aryl methyl sites for hydroxylation is 2. The number of aromatic hydroxyl groups is 1. The maximum atomic E-state index is 12.9. The second-order valence-electron chi connectivity index (χ2n) is 7.58. The Labute approximate surface area is 189 Å². The van der Waals surface area contributed by atoms with Crippen molar-refractivity contribution in [3.05, 3.63) is 71.4 Å². The molecule has 2 heterocycles. The normalized spacial score (nSPS) is 14.5. The summed E-state index contributed by atoms with van der Waals surface area (Å²) < 4.78 is 0. The molecule has 1 aliphatic heterocycles. The van der Waals surface area contributed by atoms with Crippen LogP contribution >= 0.6 is 0 Å². The first-order chi connectivity index (χ1) is 15.8. The Hall–Kier alpha value is -4.53. The Kier molecular flexibility index (Phi) is 5.61. The number of carbonyl (C=O) groups is 2. The number of hydrogen-bond donors (Lipinski definition) is 3. The van der Waals surface area contributed by atoms with Crippen molar-refractivity contribution in [2.75, 3.05) is 10.4 Å². The molecular weight excluding hydrogens is 422 g/mol. The fourth-order valence-corrected chi connectivity index (χ4v) is 3.36. The summed E-state index contributed by atoms with van der Waals surface area (Å²) in [5, 5.41) is 29.6. The van der Waals surface area contributed by atoms with E-state index < -0.39 is 11.9 Å². The van der Waals surface area contributed by atoms with Crippen LogP contribution in [0.5, 0.6) is 5.75 Å². The molecule has 166 valence electrons. The lowest BCUT2D eigenvalue weighted by atomic mass is 10.0. The average Bonchev–Trinajstić information content (AvgIpc) is 3.08. The molecule has 0 spiro atoms. The molecule has 1 amide bonds. The van der Waals surface area contributed by atoms with Gasteiger partial charge in [0.25, 0.3) is 0 Å². The molecule has 2 aromatic carbocycles. The number of hydrazone groups is 2. The van der Waals surface area contributed by atoms with E-state index in [9.17, 15) is 19.8 Å². The number of carboxylic acids is 1. The smallest absolute Gasteiger partial charge is 0.335 e. The second-order valence-corrected chi connectivity index (χ2v) is 7.58. The standard InChI is InChI=1S/C24H21N5O4/c1-13-7-8-18(11-14(13)2)29-23(31)20(15(3)28-29)26-27-22-21(30)19(9-10-25-22)16-5-4-6-17(12-16)24(32)33/h4-12,30H,1-3H3,(H,25,27)(H,32,33). The molecule has 0 saturated carbocycles. The Morgan fingerprint density at radius 3 is 2.58 bits per heavy atom. The number of carbonyl (C=O) groups excluding carboxylic acids is 1. The molecule has 33 heavy (non-hydrogen) atoms. The number of rotatable bonds is 5. The van der Waals surface area contributed by atoms with Gasteiger partial charge < -0.3 is 10.2 Å². The summed E-state index contributed by atoms with van der Waals surface area (Å²) in [5.41, 5.74) is 6.88. The summed E-state index contributed by atoms with van der Waals surface area (Å²) in [6.45, 7) is 5.61. The summed E-state index contributed by atoms with van der Waals surface area (Å²) >= 11 is 0. The van der Waals surface area contributed by atoms with E-state index in [4.69, 9.17) is 0 Å². The molecule has 9 heteroatoms. The zero-order chi connectivity index (χ0) is 23.7. The summed E-state index contributed by atoms with van der Waals surface area (Å²) in [4.78, 5) is 28.3. The quantitative estimate of drug-likeness (QED) is 0.512. The van der Waals surface area contributed by atoms with Gasteiger partial charge in [-0.15, -0.1) is 0 Å². The molecule has 3 aromatic rings. The number of anilines is 2. The van der Waals surface area contributed by atoms with Crippen LogP contribution in [0.3, 0.4) is 0 Å². The van der Waals surface area contributed by atoms with Crippen molar-refractivity contribution in [2.45, 2.75) is 20.8 Å². The van der Waals surface area contributed by atoms with Crippen LogP contribution in [0.4, 0.5) is 11.5 Å². The van der Waals surface area contributed by atoms with Crippen LogP contribution in [0.1, 0.15) is 28.4 Å². The number of nitrogens with zero attached hydrogens (tertiary/aromatic N) is 4. The maximum Gasteiger partial charge on any atom is 0.335 e. The molecule has 0 aliphatic carbocycles. The Balaban J connectivity index is 1.61. The van der Waals surface area contributed by atoms with Crippen molar-refractivity contribution in [2.24, 2.45) is 10.2 Å². The number of carboxylic acid groups (broad SMARTS) is 1. The lowest BCUT2D eigenvalue weighted by molar-refractivity contribution is -0.112. The number of pyridine rings is 1. The van der Waals surface area contributed by atoms with E-state index in [1.165, 1.54) is 23.3 Å². The van der Waals surface area contributed by atoms with Crippen molar-refractivity contribution in [3.63, 3.8) is 0 Å². The Morgan fingerprint density at radius 2 is 1.85 bits per heavy atom. The molecule has 0 atom stereocenters. The fourth-order valence-electron chi connectivity index (χ4n) is 3.36. The summed E-state index contributed by atoms with van der Waals surface area (Å²) in [5.74, 6) is -1.69. The van der Waals surface area contributed by atoms with E-state index in [1.54, 1.807) is 25.1 Å². The van der Waals surface area contributed by atoms with Crippen molar-refractivity contribution in [1.29, 1.82) is 0 Å². The van der Waals surface area contributed by atoms with E-state index in [-0.39, 0.29) is 22.8 Å². The van der Waals surface area contributed by atoms with Gasteiger partial charge in [-0.3, -0.25) is 10.2 Å². The highest BCUT2D eigenvalue weighted by atomic mass is 16.4. The lowest BCUT2D eigenvalue weighted by Crippen LogP contribution is -2.28. The minimum Gasteiger partial charge on any atom is -0.504 e. The van der Waals surface area contributed by atoms with E-state index in [0.717, 1.165) is 11.1 Å². The zero-order valence-corrected chi connectivity index (χ0v) is 18.2. The number of nitrogens with one attached hydrogen (secondary N) is 1. The molecule has 1 aliphatic rings. The third-order valence-corrected chi connectivity index (χ3v) is 5.34. The van der Waals surface area contributed by atoms with E-state index >= 15 is 0 Å². The van der Waals surface area contributed by atoms with E-state index in [0.29, 0.717) is 22.5 Å². The van der Waals surface area contributed by atoms with Crippen LogP contribution in [0.15, 0.2) is 64.9 Å². The van der Waals surface area contributed by atoms with Crippen molar-refractivity contribution in [1.82, 2.24) is 4.98 Å². The highest BCUT2D eigenvalue weighted by Gasteiger charge is 2.31. The molecule has 3 N–H and O–H groups in total. The van der Waals surface area contributed by atoms with Gasteiger partial charge in [0.15, 0.2) is 17.3 Å². The van der Waals surface area contributed by atoms with Crippen molar-refractivity contribution >= 4 is 34.8 Å². The van der Waals surface area contributed by atoms with Gasteiger partial charge in [0.05, 0.1) is 17.0 Å². The van der Waals surface area contributed by atoms with Crippen LogP contribution in [0, 0.1) is 13.8 Å². The summed E-state index contributed by atoms with van der Waals surface area (Å²) in [6.07, 6.45) is 1.45. The molecule has 4 rings (SSSR count).